The molecule has 0 spiro atoms. The third-order valence-corrected chi connectivity index (χ3v) is 4.59. The third kappa shape index (κ3) is 5.13. The molecular weight excluding hydrogens is 330 g/mol. The van der Waals surface area contributed by atoms with Gasteiger partial charge in [-0.15, -0.1) is 0 Å². The van der Waals surface area contributed by atoms with Gasteiger partial charge in [-0.2, -0.15) is 0 Å². The van der Waals surface area contributed by atoms with E-state index < -0.39 is 0 Å². The van der Waals surface area contributed by atoms with Crippen LogP contribution in [0.2, 0.25) is 0 Å². The van der Waals surface area contributed by atoms with Crippen LogP contribution in [0.4, 0.5) is 5.69 Å². The zero-order valence-corrected chi connectivity index (χ0v) is 16.8. The summed E-state index contributed by atoms with van der Waals surface area (Å²) in [4.78, 5) is 28.0. The normalized spacial score (nSPS) is 16.5. The molecule has 6 heteroatoms. The van der Waals surface area contributed by atoms with Crippen molar-refractivity contribution in [3.8, 4) is 5.75 Å². The molecule has 1 aliphatic heterocycles. The van der Waals surface area contributed by atoms with E-state index >= 15 is 0 Å². The van der Waals surface area contributed by atoms with Crippen LogP contribution in [0.15, 0.2) is 18.2 Å². The molecule has 1 N–H and O–H groups in total. The van der Waals surface area contributed by atoms with Crippen LogP contribution in [-0.4, -0.2) is 57.1 Å². The summed E-state index contributed by atoms with van der Waals surface area (Å²) in [6, 6.07) is 5.37. The van der Waals surface area contributed by atoms with E-state index in [9.17, 15) is 9.59 Å². The molecule has 1 aromatic carbocycles. The second-order valence-electron chi connectivity index (χ2n) is 8.32. The van der Waals surface area contributed by atoms with Gasteiger partial charge in [0.1, 0.15) is 12.4 Å². The van der Waals surface area contributed by atoms with E-state index in [1.54, 1.807) is 25.1 Å². The first-order valence-corrected chi connectivity index (χ1v) is 9.06. The minimum atomic E-state index is -0.0538. The number of nitrogens with zero attached hydrogens (tertiary/aromatic N) is 2. The van der Waals surface area contributed by atoms with E-state index in [4.69, 9.17) is 4.74 Å². The number of hydrogen-bond acceptors (Lipinski definition) is 4. The van der Waals surface area contributed by atoms with Gasteiger partial charge >= 0.3 is 0 Å². The quantitative estimate of drug-likeness (QED) is 0.875. The highest BCUT2D eigenvalue weighted by molar-refractivity contribution is 5.95. The minimum Gasteiger partial charge on any atom is -0.489 e. The predicted molar refractivity (Wildman–Crippen MR) is 104 cm³/mol. The molecule has 0 bridgehead atoms. The van der Waals surface area contributed by atoms with E-state index in [0.717, 1.165) is 17.9 Å². The molecule has 1 heterocycles. The number of nitrogens with one attached hydrogen (secondary N) is 1. The molecule has 6 nitrogen and oxygen atoms in total. The monoisotopic (exact) mass is 361 g/mol. The molecule has 2 amide bonds. The number of hydrogen-bond donors (Lipinski definition) is 1. The van der Waals surface area contributed by atoms with Gasteiger partial charge in [-0.05, 0) is 30.0 Å². The number of amides is 2. The number of rotatable bonds is 5. The molecule has 2 rings (SSSR count). The Bertz CT molecular complexity index is 665. The highest BCUT2D eigenvalue weighted by Crippen LogP contribution is 2.34. The van der Waals surface area contributed by atoms with Gasteiger partial charge in [0.05, 0.1) is 18.2 Å². The van der Waals surface area contributed by atoms with Crippen molar-refractivity contribution in [3.05, 3.63) is 23.8 Å². The molecule has 26 heavy (non-hydrogen) atoms. The maximum atomic E-state index is 12.3. The number of fused-ring (bicyclic) bond motifs is 1. The first-order valence-electron chi connectivity index (χ1n) is 9.06. The topological polar surface area (TPSA) is 61.9 Å². The van der Waals surface area contributed by atoms with Gasteiger partial charge in [0, 0.05) is 33.3 Å². The lowest BCUT2D eigenvalue weighted by molar-refractivity contribution is -0.121. The first-order chi connectivity index (χ1) is 12.1. The van der Waals surface area contributed by atoms with Crippen LogP contribution in [0.3, 0.4) is 0 Å². The van der Waals surface area contributed by atoms with Crippen molar-refractivity contribution in [2.75, 3.05) is 39.2 Å². The first kappa shape index (κ1) is 20.1. The van der Waals surface area contributed by atoms with Crippen LogP contribution < -0.4 is 15.0 Å². The van der Waals surface area contributed by atoms with E-state index in [1.165, 1.54) is 0 Å². The lowest BCUT2D eigenvalue weighted by Gasteiger charge is -2.36. The minimum absolute atomic E-state index is 0.0265. The fraction of sp³-hybridized carbons (Fsp3) is 0.600. The molecule has 0 unspecified atom stereocenters. The summed E-state index contributed by atoms with van der Waals surface area (Å²) >= 11 is 0. The highest BCUT2D eigenvalue weighted by Gasteiger charge is 2.27. The molecule has 0 aromatic heterocycles. The molecule has 0 fully saturated rings. The number of carbonyl (C=O) groups is 2. The molecule has 0 aliphatic carbocycles. The fourth-order valence-electron chi connectivity index (χ4n) is 2.86. The van der Waals surface area contributed by atoms with Crippen molar-refractivity contribution in [2.24, 2.45) is 5.41 Å². The van der Waals surface area contributed by atoms with Gasteiger partial charge < -0.3 is 19.9 Å². The zero-order valence-electron chi connectivity index (χ0n) is 16.8. The van der Waals surface area contributed by atoms with Gasteiger partial charge in [-0.3, -0.25) is 9.59 Å². The number of benzene rings is 1. The van der Waals surface area contributed by atoms with E-state index in [2.05, 4.69) is 26.1 Å². The SMILES string of the molecule is CN(C)C(=O)c1ccc2c(c1)N(C)[C@@H](CC(=O)NCCC(C)(C)C)CO2. The van der Waals surface area contributed by atoms with Gasteiger partial charge in [0.25, 0.3) is 5.91 Å². The van der Waals surface area contributed by atoms with Gasteiger partial charge in [-0.25, -0.2) is 0 Å². The fourth-order valence-corrected chi connectivity index (χ4v) is 2.86. The average molecular weight is 361 g/mol. The van der Waals surface area contributed by atoms with Crippen LogP contribution in [0.25, 0.3) is 0 Å². The largest absolute Gasteiger partial charge is 0.489 e. The standard InChI is InChI=1S/C20H31N3O3/c1-20(2,3)9-10-21-18(24)12-15-13-26-17-8-7-14(19(25)22(4)5)11-16(17)23(15)6/h7-8,11,15H,9-10,12-13H2,1-6H3,(H,21,24)/t15-/m0/s1. The Balaban J connectivity index is 2.02. The Hall–Kier alpha value is -2.24. The van der Waals surface area contributed by atoms with E-state index in [-0.39, 0.29) is 23.3 Å². The number of carbonyl (C=O) groups excluding carboxylic acids is 2. The van der Waals surface area contributed by atoms with Crippen molar-refractivity contribution < 1.29 is 14.3 Å². The summed E-state index contributed by atoms with van der Waals surface area (Å²) in [5.74, 6) is 0.717. The Morgan fingerprint density at radius 3 is 2.62 bits per heavy atom. The summed E-state index contributed by atoms with van der Waals surface area (Å²) in [6.07, 6.45) is 1.31. The molecule has 1 aliphatic rings. The van der Waals surface area contributed by atoms with Crippen LogP contribution >= 0.6 is 0 Å². The molecular formula is C20H31N3O3. The molecule has 1 aromatic rings. The van der Waals surface area contributed by atoms with Crippen LogP contribution in [0, 0.1) is 5.41 Å². The second kappa shape index (κ2) is 7.98. The number of ether oxygens (including phenoxy) is 1. The zero-order chi connectivity index (χ0) is 19.5. The summed E-state index contributed by atoms with van der Waals surface area (Å²) in [7, 11) is 5.40. The third-order valence-electron chi connectivity index (χ3n) is 4.59. The van der Waals surface area contributed by atoms with Gasteiger partial charge in [-0.1, -0.05) is 20.8 Å². The molecule has 0 saturated heterocycles. The Morgan fingerprint density at radius 1 is 1.31 bits per heavy atom. The number of anilines is 1. The maximum Gasteiger partial charge on any atom is 0.253 e. The summed E-state index contributed by atoms with van der Waals surface area (Å²) < 4.78 is 5.81. The Labute approximate surface area is 156 Å². The second-order valence-corrected chi connectivity index (χ2v) is 8.32. The summed E-state index contributed by atoms with van der Waals surface area (Å²) in [6.45, 7) is 7.61. The lowest BCUT2D eigenvalue weighted by Crippen LogP contribution is -2.44. The van der Waals surface area contributed by atoms with Crippen LogP contribution in [0.1, 0.15) is 44.0 Å². The maximum absolute atomic E-state index is 12.3. The molecule has 144 valence electrons. The van der Waals surface area contributed by atoms with Crippen molar-refractivity contribution in [1.82, 2.24) is 10.2 Å². The molecule has 0 saturated carbocycles. The molecule has 0 radical (unpaired) electrons. The van der Waals surface area contributed by atoms with Crippen molar-refractivity contribution in [1.29, 1.82) is 0 Å². The average Bonchev–Trinajstić information content (AvgIpc) is 2.55. The Kier molecular flexibility index (Phi) is 6.16. The highest BCUT2D eigenvalue weighted by atomic mass is 16.5. The van der Waals surface area contributed by atoms with E-state index in [0.29, 0.717) is 25.1 Å². The van der Waals surface area contributed by atoms with Crippen LogP contribution in [0.5, 0.6) is 5.75 Å². The van der Waals surface area contributed by atoms with Crippen molar-refractivity contribution >= 4 is 17.5 Å². The smallest absolute Gasteiger partial charge is 0.253 e. The predicted octanol–water partition coefficient (Wildman–Crippen LogP) is 2.53. The van der Waals surface area contributed by atoms with Gasteiger partial charge in [0.2, 0.25) is 5.91 Å². The lowest BCUT2D eigenvalue weighted by atomic mass is 9.92. The van der Waals surface area contributed by atoms with Gasteiger partial charge in [0.15, 0.2) is 0 Å². The van der Waals surface area contributed by atoms with E-state index in [1.807, 2.05) is 24.1 Å². The summed E-state index contributed by atoms with van der Waals surface area (Å²) in [5, 5.41) is 2.99. The van der Waals surface area contributed by atoms with Crippen molar-refractivity contribution in [2.45, 2.75) is 39.7 Å². The molecule has 1 atom stereocenters. The van der Waals surface area contributed by atoms with Crippen LogP contribution in [-0.2, 0) is 4.79 Å². The number of likely N-dealkylation sites (N-methyl/N-ethyl adjacent to an activating group) is 1. The van der Waals surface area contributed by atoms with Crippen molar-refractivity contribution in [3.63, 3.8) is 0 Å². The summed E-state index contributed by atoms with van der Waals surface area (Å²) in [5.41, 5.74) is 1.66. The Morgan fingerprint density at radius 2 is 2.00 bits per heavy atom.